The predicted octanol–water partition coefficient (Wildman–Crippen LogP) is 3.80. The molecule has 0 atom stereocenters. The first-order chi connectivity index (χ1) is 11.9. The molecule has 8 heteroatoms. The van der Waals surface area contributed by atoms with Crippen molar-refractivity contribution in [1.29, 1.82) is 0 Å². The SMILES string of the molecule is Cc1nn(CC(=O)Nc2cnn(Cc3ccc(Cl)cc3)c2)c(C)c1Br. The first kappa shape index (κ1) is 17.7. The molecule has 0 saturated heterocycles. The van der Waals surface area contributed by atoms with E-state index >= 15 is 0 Å². The minimum Gasteiger partial charge on any atom is -0.322 e. The zero-order chi connectivity index (χ0) is 18.0. The number of carbonyl (C=O) groups is 1. The molecule has 25 heavy (non-hydrogen) atoms. The summed E-state index contributed by atoms with van der Waals surface area (Å²) in [6, 6.07) is 7.58. The molecule has 1 N–H and O–H groups in total. The molecule has 1 amide bonds. The van der Waals surface area contributed by atoms with Gasteiger partial charge < -0.3 is 5.32 Å². The Balaban J connectivity index is 1.61. The summed E-state index contributed by atoms with van der Waals surface area (Å²) < 4.78 is 4.36. The van der Waals surface area contributed by atoms with Gasteiger partial charge in [0, 0.05) is 11.2 Å². The van der Waals surface area contributed by atoms with Gasteiger partial charge in [-0.2, -0.15) is 10.2 Å². The van der Waals surface area contributed by atoms with E-state index in [0.717, 1.165) is 21.4 Å². The summed E-state index contributed by atoms with van der Waals surface area (Å²) in [4.78, 5) is 12.2. The molecule has 0 saturated carbocycles. The second-order valence-corrected chi connectivity index (χ2v) is 6.97. The standard InChI is InChI=1S/C17H17BrClN5O/c1-11-17(18)12(2)24(22-11)10-16(25)21-15-7-20-23(9-15)8-13-3-5-14(19)6-4-13/h3-7,9H,8,10H2,1-2H3,(H,21,25). The molecule has 2 aromatic heterocycles. The van der Waals surface area contributed by atoms with Crippen molar-refractivity contribution in [3.8, 4) is 0 Å². The van der Waals surface area contributed by atoms with Crippen molar-refractivity contribution in [3.05, 3.63) is 63.1 Å². The average Bonchev–Trinajstić information content (AvgIpc) is 3.10. The first-order valence-corrected chi connectivity index (χ1v) is 8.85. The maximum Gasteiger partial charge on any atom is 0.246 e. The highest BCUT2D eigenvalue weighted by molar-refractivity contribution is 9.10. The van der Waals surface area contributed by atoms with Gasteiger partial charge in [0.2, 0.25) is 5.91 Å². The molecule has 6 nitrogen and oxygen atoms in total. The topological polar surface area (TPSA) is 64.7 Å². The van der Waals surface area contributed by atoms with Crippen LogP contribution in [0.5, 0.6) is 0 Å². The summed E-state index contributed by atoms with van der Waals surface area (Å²) in [6.45, 7) is 4.58. The number of hydrogen-bond acceptors (Lipinski definition) is 3. The van der Waals surface area contributed by atoms with Crippen LogP contribution < -0.4 is 5.32 Å². The number of nitrogens with zero attached hydrogens (tertiary/aromatic N) is 4. The van der Waals surface area contributed by atoms with Gasteiger partial charge in [-0.1, -0.05) is 23.7 Å². The van der Waals surface area contributed by atoms with E-state index in [9.17, 15) is 4.79 Å². The Morgan fingerprint density at radius 3 is 2.64 bits per heavy atom. The molecule has 0 radical (unpaired) electrons. The van der Waals surface area contributed by atoms with E-state index < -0.39 is 0 Å². The fourth-order valence-electron chi connectivity index (χ4n) is 2.46. The molecule has 0 aliphatic heterocycles. The number of nitrogens with one attached hydrogen (secondary N) is 1. The zero-order valence-electron chi connectivity index (χ0n) is 13.8. The maximum absolute atomic E-state index is 12.2. The van der Waals surface area contributed by atoms with E-state index in [1.165, 1.54) is 0 Å². The van der Waals surface area contributed by atoms with Gasteiger partial charge in [-0.25, -0.2) is 0 Å². The smallest absolute Gasteiger partial charge is 0.246 e. The highest BCUT2D eigenvalue weighted by Crippen LogP contribution is 2.19. The van der Waals surface area contributed by atoms with Gasteiger partial charge in [0.15, 0.2) is 0 Å². The summed E-state index contributed by atoms with van der Waals surface area (Å²) in [6.07, 6.45) is 3.43. The molecule has 0 unspecified atom stereocenters. The predicted molar refractivity (Wildman–Crippen MR) is 101 cm³/mol. The Hall–Kier alpha value is -2.12. The zero-order valence-corrected chi connectivity index (χ0v) is 16.2. The largest absolute Gasteiger partial charge is 0.322 e. The number of anilines is 1. The molecule has 0 bridgehead atoms. The van der Waals surface area contributed by atoms with Gasteiger partial charge in [0.05, 0.1) is 34.3 Å². The third kappa shape index (κ3) is 4.29. The monoisotopic (exact) mass is 421 g/mol. The van der Waals surface area contributed by atoms with Crippen molar-refractivity contribution in [1.82, 2.24) is 19.6 Å². The molecule has 0 spiro atoms. The van der Waals surface area contributed by atoms with E-state index in [2.05, 4.69) is 31.4 Å². The molecule has 0 aliphatic carbocycles. The van der Waals surface area contributed by atoms with Crippen molar-refractivity contribution in [3.63, 3.8) is 0 Å². The molecule has 3 rings (SSSR count). The van der Waals surface area contributed by atoms with Crippen LogP contribution in [0.1, 0.15) is 17.0 Å². The Labute approximate surface area is 158 Å². The van der Waals surface area contributed by atoms with Crippen LogP contribution in [0.2, 0.25) is 5.02 Å². The minimum absolute atomic E-state index is 0.149. The average molecular weight is 423 g/mol. The van der Waals surface area contributed by atoms with Crippen molar-refractivity contribution < 1.29 is 4.79 Å². The van der Waals surface area contributed by atoms with Gasteiger partial charge in [-0.05, 0) is 47.5 Å². The molecule has 0 aliphatic rings. The summed E-state index contributed by atoms with van der Waals surface area (Å²) in [5, 5.41) is 12.1. The second kappa shape index (κ2) is 7.41. The fourth-order valence-corrected chi connectivity index (χ4v) is 2.87. The quantitative estimate of drug-likeness (QED) is 0.680. The van der Waals surface area contributed by atoms with Gasteiger partial charge in [-0.15, -0.1) is 0 Å². The van der Waals surface area contributed by atoms with Gasteiger partial charge >= 0.3 is 0 Å². The maximum atomic E-state index is 12.2. The summed E-state index contributed by atoms with van der Waals surface area (Å²) >= 11 is 9.34. The summed E-state index contributed by atoms with van der Waals surface area (Å²) in [5.41, 5.74) is 3.52. The van der Waals surface area contributed by atoms with Crippen LogP contribution >= 0.6 is 27.5 Å². The number of amides is 1. The van der Waals surface area contributed by atoms with Crippen molar-refractivity contribution in [2.45, 2.75) is 26.9 Å². The molecule has 130 valence electrons. The van der Waals surface area contributed by atoms with E-state index in [4.69, 9.17) is 11.6 Å². The lowest BCUT2D eigenvalue weighted by Gasteiger charge is -2.05. The van der Waals surface area contributed by atoms with Crippen LogP contribution in [0.4, 0.5) is 5.69 Å². The van der Waals surface area contributed by atoms with Crippen LogP contribution in [-0.4, -0.2) is 25.5 Å². The molecule has 1 aromatic carbocycles. The van der Waals surface area contributed by atoms with Crippen molar-refractivity contribution >= 4 is 39.1 Å². The third-order valence-electron chi connectivity index (χ3n) is 3.76. The lowest BCUT2D eigenvalue weighted by Crippen LogP contribution is -2.20. The first-order valence-electron chi connectivity index (χ1n) is 7.68. The number of benzene rings is 1. The number of halogens is 2. The van der Waals surface area contributed by atoms with E-state index in [1.807, 2.05) is 38.1 Å². The summed E-state index contributed by atoms with van der Waals surface area (Å²) in [5.74, 6) is -0.149. The van der Waals surface area contributed by atoms with Crippen molar-refractivity contribution in [2.75, 3.05) is 5.32 Å². The Morgan fingerprint density at radius 2 is 2.00 bits per heavy atom. The highest BCUT2D eigenvalue weighted by Gasteiger charge is 2.12. The third-order valence-corrected chi connectivity index (χ3v) is 5.16. The molecule has 2 heterocycles. The number of aromatic nitrogens is 4. The van der Waals surface area contributed by atoms with Crippen LogP contribution in [0.15, 0.2) is 41.1 Å². The van der Waals surface area contributed by atoms with E-state index in [0.29, 0.717) is 17.3 Å². The minimum atomic E-state index is -0.149. The van der Waals surface area contributed by atoms with Crippen LogP contribution in [0, 0.1) is 13.8 Å². The molecule has 0 fully saturated rings. The normalized spacial score (nSPS) is 10.9. The molecule has 3 aromatic rings. The van der Waals surface area contributed by atoms with Crippen LogP contribution in [0.25, 0.3) is 0 Å². The highest BCUT2D eigenvalue weighted by atomic mass is 79.9. The number of hydrogen-bond donors (Lipinski definition) is 1. The second-order valence-electron chi connectivity index (χ2n) is 5.74. The lowest BCUT2D eigenvalue weighted by atomic mass is 10.2. The van der Waals surface area contributed by atoms with Gasteiger partial charge in [0.25, 0.3) is 0 Å². The van der Waals surface area contributed by atoms with Gasteiger partial charge in [-0.3, -0.25) is 14.2 Å². The number of aryl methyl sites for hydroxylation is 1. The van der Waals surface area contributed by atoms with E-state index in [-0.39, 0.29) is 12.5 Å². The van der Waals surface area contributed by atoms with Crippen LogP contribution in [0.3, 0.4) is 0 Å². The summed E-state index contributed by atoms with van der Waals surface area (Å²) in [7, 11) is 0. The van der Waals surface area contributed by atoms with E-state index in [1.54, 1.807) is 21.8 Å². The van der Waals surface area contributed by atoms with Crippen molar-refractivity contribution in [2.24, 2.45) is 0 Å². The fraction of sp³-hybridized carbons (Fsp3) is 0.235. The Morgan fingerprint density at radius 1 is 1.28 bits per heavy atom. The molecular weight excluding hydrogens is 406 g/mol. The van der Waals surface area contributed by atoms with Crippen LogP contribution in [-0.2, 0) is 17.9 Å². The van der Waals surface area contributed by atoms with Gasteiger partial charge in [0.1, 0.15) is 6.54 Å². The number of rotatable bonds is 5. The molecular formula is C17H17BrClN5O. The lowest BCUT2D eigenvalue weighted by molar-refractivity contribution is -0.116. The Kier molecular flexibility index (Phi) is 5.24. The number of carbonyl (C=O) groups excluding carboxylic acids is 1. The Bertz CT molecular complexity index is 900.